The van der Waals surface area contributed by atoms with Gasteiger partial charge in [0.1, 0.15) is 11.6 Å². The largest absolute Gasteiger partial charge is 0.357 e. The fourth-order valence-electron chi connectivity index (χ4n) is 4.31. The molecule has 0 aliphatic carbocycles. The summed E-state index contributed by atoms with van der Waals surface area (Å²) in [5.74, 6) is 0.0159. The van der Waals surface area contributed by atoms with Crippen LogP contribution in [0.2, 0.25) is 0 Å². The lowest BCUT2D eigenvalue weighted by atomic mass is 10.2. The highest BCUT2D eigenvalue weighted by molar-refractivity contribution is 5.95. The maximum Gasteiger partial charge on any atom is 0.256 e. The Morgan fingerprint density at radius 1 is 0.742 bits per heavy atom. The summed E-state index contributed by atoms with van der Waals surface area (Å²) >= 11 is 0. The first-order valence-corrected chi connectivity index (χ1v) is 11.2. The Balaban J connectivity index is 1.38. The van der Waals surface area contributed by atoms with Crippen LogP contribution in [0.5, 0.6) is 0 Å². The van der Waals surface area contributed by atoms with Crippen LogP contribution in [-0.2, 0) is 0 Å². The third kappa shape index (κ3) is 5.03. The van der Waals surface area contributed by atoms with Gasteiger partial charge in [-0.15, -0.1) is 0 Å². The maximum atomic E-state index is 14.0. The number of hydrogen-bond donors (Lipinski definition) is 0. The SMILES string of the molecule is O=C(c1ccc(N2CCCCCC2)nc1)N1CCCN(C(=O)c2ccccc2F)CC1. The van der Waals surface area contributed by atoms with Gasteiger partial charge in [-0.1, -0.05) is 25.0 Å². The van der Waals surface area contributed by atoms with Crippen LogP contribution in [0.15, 0.2) is 42.6 Å². The molecule has 2 aliphatic rings. The molecule has 0 unspecified atom stereocenters. The van der Waals surface area contributed by atoms with E-state index >= 15 is 0 Å². The fourth-order valence-corrected chi connectivity index (χ4v) is 4.31. The summed E-state index contributed by atoms with van der Waals surface area (Å²) in [6.07, 6.45) is 7.20. The van der Waals surface area contributed by atoms with E-state index in [1.54, 1.807) is 28.1 Å². The minimum atomic E-state index is -0.514. The van der Waals surface area contributed by atoms with Crippen LogP contribution < -0.4 is 4.90 Å². The van der Waals surface area contributed by atoms with E-state index in [9.17, 15) is 14.0 Å². The monoisotopic (exact) mass is 424 g/mol. The van der Waals surface area contributed by atoms with Gasteiger partial charge in [0.15, 0.2) is 0 Å². The summed E-state index contributed by atoms with van der Waals surface area (Å²) in [5.41, 5.74) is 0.642. The van der Waals surface area contributed by atoms with Gasteiger partial charge in [-0.3, -0.25) is 9.59 Å². The van der Waals surface area contributed by atoms with Crippen LogP contribution in [-0.4, -0.2) is 65.9 Å². The fraction of sp³-hybridized carbons (Fsp3) is 0.458. The second-order valence-electron chi connectivity index (χ2n) is 8.22. The van der Waals surface area contributed by atoms with E-state index in [0.717, 1.165) is 18.9 Å². The van der Waals surface area contributed by atoms with Crippen molar-refractivity contribution in [3.8, 4) is 0 Å². The minimum Gasteiger partial charge on any atom is -0.357 e. The van der Waals surface area contributed by atoms with Crippen molar-refractivity contribution in [2.45, 2.75) is 32.1 Å². The van der Waals surface area contributed by atoms with Crippen molar-refractivity contribution >= 4 is 17.6 Å². The molecule has 7 heteroatoms. The number of aromatic nitrogens is 1. The van der Waals surface area contributed by atoms with Gasteiger partial charge in [-0.25, -0.2) is 9.37 Å². The Morgan fingerprint density at radius 2 is 1.42 bits per heavy atom. The lowest BCUT2D eigenvalue weighted by Gasteiger charge is -2.23. The van der Waals surface area contributed by atoms with E-state index in [1.165, 1.54) is 37.8 Å². The van der Waals surface area contributed by atoms with E-state index in [0.29, 0.717) is 38.2 Å². The summed E-state index contributed by atoms with van der Waals surface area (Å²) in [7, 11) is 0. The number of halogens is 1. The molecule has 4 rings (SSSR count). The van der Waals surface area contributed by atoms with Crippen LogP contribution in [0, 0.1) is 5.82 Å². The van der Waals surface area contributed by atoms with E-state index in [4.69, 9.17) is 0 Å². The second-order valence-corrected chi connectivity index (χ2v) is 8.22. The van der Waals surface area contributed by atoms with Crippen LogP contribution in [0.1, 0.15) is 52.8 Å². The van der Waals surface area contributed by atoms with Gasteiger partial charge in [-0.05, 0) is 43.5 Å². The summed E-state index contributed by atoms with van der Waals surface area (Å²) < 4.78 is 14.0. The van der Waals surface area contributed by atoms with Gasteiger partial charge in [0.2, 0.25) is 0 Å². The van der Waals surface area contributed by atoms with E-state index < -0.39 is 5.82 Å². The number of hydrogen-bond acceptors (Lipinski definition) is 4. The van der Waals surface area contributed by atoms with E-state index in [1.807, 2.05) is 12.1 Å². The van der Waals surface area contributed by atoms with Crippen molar-refractivity contribution in [3.63, 3.8) is 0 Å². The molecule has 2 aromatic rings. The number of anilines is 1. The molecule has 0 spiro atoms. The number of carbonyl (C=O) groups excluding carboxylic acids is 2. The molecule has 0 atom stereocenters. The standard InChI is InChI=1S/C24H29FN4O2/c25-21-9-4-3-8-20(21)24(31)29-15-7-14-28(16-17-29)23(30)19-10-11-22(26-18-19)27-12-5-1-2-6-13-27/h3-4,8-11,18H,1-2,5-7,12-17H2. The molecule has 6 nitrogen and oxygen atoms in total. The molecule has 1 aromatic heterocycles. The zero-order valence-corrected chi connectivity index (χ0v) is 17.8. The van der Waals surface area contributed by atoms with E-state index in [-0.39, 0.29) is 17.4 Å². The molecule has 3 heterocycles. The van der Waals surface area contributed by atoms with Crippen LogP contribution >= 0.6 is 0 Å². The lowest BCUT2D eigenvalue weighted by molar-refractivity contribution is 0.0716. The molecule has 0 radical (unpaired) electrons. The number of nitrogens with zero attached hydrogens (tertiary/aromatic N) is 4. The Kier molecular flexibility index (Phi) is 6.79. The molecular formula is C24H29FN4O2. The average Bonchev–Trinajstić information content (AvgIpc) is 3.22. The molecule has 1 aromatic carbocycles. The molecule has 2 aliphatic heterocycles. The highest BCUT2D eigenvalue weighted by Crippen LogP contribution is 2.19. The average molecular weight is 425 g/mol. The van der Waals surface area contributed by atoms with Crippen molar-refractivity contribution in [1.82, 2.24) is 14.8 Å². The third-order valence-corrected chi connectivity index (χ3v) is 6.10. The van der Waals surface area contributed by atoms with Crippen molar-refractivity contribution in [2.24, 2.45) is 0 Å². The van der Waals surface area contributed by atoms with Gasteiger partial charge >= 0.3 is 0 Å². The Morgan fingerprint density at radius 3 is 2.06 bits per heavy atom. The van der Waals surface area contributed by atoms with Crippen molar-refractivity contribution < 1.29 is 14.0 Å². The van der Waals surface area contributed by atoms with Crippen LogP contribution in [0.25, 0.3) is 0 Å². The van der Waals surface area contributed by atoms with Gasteiger partial charge in [0, 0.05) is 45.5 Å². The summed E-state index contributed by atoms with van der Waals surface area (Å²) in [6.45, 7) is 3.90. The van der Waals surface area contributed by atoms with Gasteiger partial charge in [0.05, 0.1) is 11.1 Å². The normalized spacial score (nSPS) is 17.8. The van der Waals surface area contributed by atoms with Gasteiger partial charge in [0.25, 0.3) is 11.8 Å². The lowest BCUT2D eigenvalue weighted by Crippen LogP contribution is -2.37. The third-order valence-electron chi connectivity index (χ3n) is 6.10. The number of carbonyl (C=O) groups is 2. The topological polar surface area (TPSA) is 56.8 Å². The summed E-state index contributed by atoms with van der Waals surface area (Å²) in [4.78, 5) is 35.9. The zero-order chi connectivity index (χ0) is 21.6. The van der Waals surface area contributed by atoms with Crippen LogP contribution in [0.4, 0.5) is 10.2 Å². The quantitative estimate of drug-likeness (QED) is 0.756. The Bertz CT molecular complexity index is 910. The first-order chi connectivity index (χ1) is 15.1. The molecule has 0 N–H and O–H groups in total. The molecule has 2 amide bonds. The van der Waals surface area contributed by atoms with Crippen molar-refractivity contribution in [1.29, 1.82) is 0 Å². The molecule has 164 valence electrons. The maximum absolute atomic E-state index is 14.0. The smallest absolute Gasteiger partial charge is 0.256 e. The summed E-state index contributed by atoms with van der Waals surface area (Å²) in [5, 5.41) is 0. The number of pyridine rings is 1. The van der Waals surface area contributed by atoms with Gasteiger partial charge in [-0.2, -0.15) is 0 Å². The first-order valence-electron chi connectivity index (χ1n) is 11.2. The highest BCUT2D eigenvalue weighted by atomic mass is 19.1. The predicted molar refractivity (Wildman–Crippen MR) is 118 cm³/mol. The second kappa shape index (κ2) is 9.90. The van der Waals surface area contributed by atoms with Crippen LogP contribution in [0.3, 0.4) is 0 Å². The Labute approximate surface area is 182 Å². The van der Waals surface area contributed by atoms with Crippen molar-refractivity contribution in [3.05, 3.63) is 59.5 Å². The van der Waals surface area contributed by atoms with Crippen molar-refractivity contribution in [2.75, 3.05) is 44.2 Å². The predicted octanol–water partition coefficient (Wildman–Crippen LogP) is 3.59. The molecule has 0 saturated carbocycles. The number of amides is 2. The summed E-state index contributed by atoms with van der Waals surface area (Å²) in [6, 6.07) is 9.81. The van der Waals surface area contributed by atoms with Gasteiger partial charge < -0.3 is 14.7 Å². The number of rotatable bonds is 3. The molecular weight excluding hydrogens is 395 g/mol. The minimum absolute atomic E-state index is 0.0740. The molecule has 0 bridgehead atoms. The molecule has 31 heavy (non-hydrogen) atoms. The number of benzene rings is 1. The van der Waals surface area contributed by atoms with E-state index in [2.05, 4.69) is 9.88 Å². The first kappa shape index (κ1) is 21.3. The Hall–Kier alpha value is -2.96. The highest BCUT2D eigenvalue weighted by Gasteiger charge is 2.25. The zero-order valence-electron chi connectivity index (χ0n) is 17.8. The molecule has 2 fully saturated rings. The molecule has 2 saturated heterocycles.